The summed E-state index contributed by atoms with van der Waals surface area (Å²) in [6.45, 7) is -3.03. The molecular formula is C24H13ClF5N5O4. The zero-order chi connectivity index (χ0) is 28.3. The Labute approximate surface area is 219 Å². The van der Waals surface area contributed by atoms with E-state index in [1.54, 1.807) is 6.07 Å². The van der Waals surface area contributed by atoms with E-state index >= 15 is 0 Å². The zero-order valence-electron chi connectivity index (χ0n) is 19.1. The third-order valence-electron chi connectivity index (χ3n) is 5.03. The molecule has 0 saturated carbocycles. The molecule has 2 heterocycles. The van der Waals surface area contributed by atoms with Crippen molar-refractivity contribution in [3.05, 3.63) is 96.9 Å². The van der Waals surface area contributed by atoms with Crippen LogP contribution in [0.4, 0.5) is 22.0 Å². The Balaban J connectivity index is 1.68. The van der Waals surface area contributed by atoms with E-state index in [-0.39, 0.29) is 33.3 Å². The number of hydrogen-bond acceptors (Lipinski definition) is 7. The lowest BCUT2D eigenvalue weighted by Crippen LogP contribution is -2.23. The first-order chi connectivity index (χ1) is 18.4. The number of H-pyrrole nitrogens is 2. The Morgan fingerprint density at radius 3 is 2.38 bits per heavy atom. The fraction of sp³-hybridized carbons (Fsp3) is 0.125. The van der Waals surface area contributed by atoms with Gasteiger partial charge in [0.15, 0.2) is 5.69 Å². The Morgan fingerprint density at radius 1 is 1.03 bits per heavy atom. The lowest BCUT2D eigenvalue weighted by molar-refractivity contribution is -0.142. The topological polar surface area (TPSA) is 134 Å². The van der Waals surface area contributed by atoms with Crippen LogP contribution in [-0.2, 0) is 12.6 Å². The Bertz CT molecular complexity index is 1680. The Morgan fingerprint density at radius 2 is 1.74 bits per heavy atom. The monoisotopic (exact) mass is 565 g/mol. The SMILES string of the molecule is N#Cc1cc(Cl)cc(Oc2c(C(F)(F)F)nc(Cc3cc(-c4ccc(OC(F)F)cc4)n[nH]c3=O)[nH]c2=O)c1. The van der Waals surface area contributed by atoms with E-state index in [1.165, 1.54) is 36.4 Å². The number of nitrogens with one attached hydrogen (secondary N) is 2. The quantitative estimate of drug-likeness (QED) is 0.300. The van der Waals surface area contributed by atoms with Crippen molar-refractivity contribution in [1.82, 2.24) is 20.2 Å². The Hall–Kier alpha value is -4.77. The molecule has 0 saturated heterocycles. The van der Waals surface area contributed by atoms with Crippen molar-refractivity contribution >= 4 is 11.6 Å². The van der Waals surface area contributed by atoms with Crippen molar-refractivity contribution in [1.29, 1.82) is 5.26 Å². The van der Waals surface area contributed by atoms with Crippen LogP contribution in [-0.4, -0.2) is 26.8 Å². The van der Waals surface area contributed by atoms with Gasteiger partial charge in [0, 0.05) is 22.6 Å². The van der Waals surface area contributed by atoms with Crippen molar-refractivity contribution < 1.29 is 31.4 Å². The third kappa shape index (κ3) is 6.57. The molecule has 0 atom stereocenters. The molecule has 0 aliphatic rings. The second kappa shape index (κ2) is 10.9. The molecule has 4 aromatic rings. The largest absolute Gasteiger partial charge is 0.449 e. The molecule has 0 amide bonds. The highest BCUT2D eigenvalue weighted by molar-refractivity contribution is 6.30. The smallest absolute Gasteiger partial charge is 0.437 e. The van der Waals surface area contributed by atoms with Crippen LogP contribution in [0.1, 0.15) is 22.6 Å². The summed E-state index contributed by atoms with van der Waals surface area (Å²) >= 11 is 5.85. The van der Waals surface area contributed by atoms with Crippen LogP contribution in [0.2, 0.25) is 5.02 Å². The van der Waals surface area contributed by atoms with Gasteiger partial charge in [-0.25, -0.2) is 10.1 Å². The number of ether oxygens (including phenoxy) is 2. The van der Waals surface area contributed by atoms with Crippen molar-refractivity contribution in [3.63, 3.8) is 0 Å². The first kappa shape index (κ1) is 27.3. The van der Waals surface area contributed by atoms with E-state index in [0.717, 1.165) is 12.1 Å². The van der Waals surface area contributed by atoms with Gasteiger partial charge in [-0.3, -0.25) is 9.59 Å². The summed E-state index contributed by atoms with van der Waals surface area (Å²) in [5, 5.41) is 15.1. The van der Waals surface area contributed by atoms with Crippen molar-refractivity contribution in [2.24, 2.45) is 0 Å². The zero-order valence-corrected chi connectivity index (χ0v) is 19.9. The average molecular weight is 566 g/mol. The minimum absolute atomic E-state index is 0.0116. The summed E-state index contributed by atoms with van der Waals surface area (Å²) in [5.74, 6) is -2.12. The molecule has 2 N–H and O–H groups in total. The maximum Gasteiger partial charge on any atom is 0.437 e. The van der Waals surface area contributed by atoms with Crippen LogP contribution in [0.3, 0.4) is 0 Å². The van der Waals surface area contributed by atoms with Gasteiger partial charge in [0.05, 0.1) is 17.3 Å². The number of nitriles is 1. The van der Waals surface area contributed by atoms with Gasteiger partial charge in [-0.2, -0.15) is 32.3 Å². The maximum absolute atomic E-state index is 13.8. The first-order valence-electron chi connectivity index (χ1n) is 10.7. The standard InChI is InChI=1S/C24H13ClF5N5O4/c25-14-5-11(10-31)6-16(9-14)38-19-20(24(28,29)30)32-18(33-22(19)37)8-13-7-17(34-35-21(13)36)12-1-3-15(4-2-12)39-23(26)27/h1-7,9,23H,8H2,(H,35,36)(H,32,33,37). The minimum Gasteiger partial charge on any atom is -0.449 e. The molecule has 0 aliphatic heterocycles. The van der Waals surface area contributed by atoms with E-state index in [2.05, 4.69) is 24.9 Å². The van der Waals surface area contributed by atoms with Crippen LogP contribution in [0.5, 0.6) is 17.2 Å². The van der Waals surface area contributed by atoms with Gasteiger partial charge in [-0.05, 0) is 48.5 Å². The molecule has 0 spiro atoms. The number of benzene rings is 2. The van der Waals surface area contributed by atoms with E-state index in [4.69, 9.17) is 21.6 Å². The van der Waals surface area contributed by atoms with Crippen molar-refractivity contribution in [2.75, 3.05) is 0 Å². The van der Waals surface area contributed by atoms with E-state index in [1.807, 2.05) is 0 Å². The molecule has 2 aromatic carbocycles. The van der Waals surface area contributed by atoms with Gasteiger partial charge in [0.1, 0.15) is 17.3 Å². The summed E-state index contributed by atoms with van der Waals surface area (Å²) in [7, 11) is 0. The van der Waals surface area contributed by atoms with Gasteiger partial charge in [-0.1, -0.05) is 11.6 Å². The average Bonchev–Trinajstić information content (AvgIpc) is 2.86. The summed E-state index contributed by atoms with van der Waals surface area (Å²) < 4.78 is 75.6. The van der Waals surface area contributed by atoms with Crippen LogP contribution in [0, 0.1) is 11.3 Å². The number of halogens is 6. The van der Waals surface area contributed by atoms with E-state index in [0.29, 0.717) is 5.56 Å². The summed E-state index contributed by atoms with van der Waals surface area (Å²) in [6, 6.07) is 11.7. The number of aromatic amines is 2. The van der Waals surface area contributed by atoms with Gasteiger partial charge in [0.25, 0.3) is 11.1 Å². The molecule has 200 valence electrons. The summed E-state index contributed by atoms with van der Waals surface area (Å²) in [4.78, 5) is 30.6. The first-order valence-corrected chi connectivity index (χ1v) is 11.0. The minimum atomic E-state index is -5.13. The molecule has 9 nitrogen and oxygen atoms in total. The van der Waals surface area contributed by atoms with Gasteiger partial charge >= 0.3 is 12.8 Å². The van der Waals surface area contributed by atoms with Gasteiger partial charge in [0.2, 0.25) is 5.75 Å². The van der Waals surface area contributed by atoms with Crippen LogP contribution >= 0.6 is 11.6 Å². The maximum atomic E-state index is 13.8. The number of alkyl halides is 5. The molecule has 2 aromatic heterocycles. The second-order valence-electron chi connectivity index (χ2n) is 7.76. The van der Waals surface area contributed by atoms with Crippen molar-refractivity contribution in [2.45, 2.75) is 19.2 Å². The fourth-order valence-electron chi connectivity index (χ4n) is 3.40. The van der Waals surface area contributed by atoms with Crippen LogP contribution in [0.15, 0.2) is 58.1 Å². The fourth-order valence-corrected chi connectivity index (χ4v) is 3.62. The molecule has 4 rings (SSSR count). The number of nitrogens with zero attached hydrogens (tertiary/aromatic N) is 3. The lowest BCUT2D eigenvalue weighted by Gasteiger charge is -2.14. The molecule has 0 bridgehead atoms. The molecule has 39 heavy (non-hydrogen) atoms. The van der Waals surface area contributed by atoms with Gasteiger partial charge < -0.3 is 14.5 Å². The highest BCUT2D eigenvalue weighted by Crippen LogP contribution is 2.35. The van der Waals surface area contributed by atoms with Crippen molar-refractivity contribution in [3.8, 4) is 34.6 Å². The van der Waals surface area contributed by atoms with E-state index < -0.39 is 47.6 Å². The second-order valence-corrected chi connectivity index (χ2v) is 8.20. The molecule has 0 unspecified atom stereocenters. The normalized spacial score (nSPS) is 11.3. The lowest BCUT2D eigenvalue weighted by atomic mass is 10.1. The van der Waals surface area contributed by atoms with Crippen LogP contribution < -0.4 is 20.6 Å². The highest BCUT2D eigenvalue weighted by Gasteiger charge is 2.39. The number of rotatable bonds is 7. The van der Waals surface area contributed by atoms with E-state index in [9.17, 15) is 31.5 Å². The molecule has 0 fully saturated rings. The molecule has 15 heteroatoms. The number of aromatic nitrogens is 4. The molecular weight excluding hydrogens is 553 g/mol. The summed E-state index contributed by atoms with van der Waals surface area (Å²) in [5.41, 5.74) is -3.33. The highest BCUT2D eigenvalue weighted by atomic mass is 35.5. The van der Waals surface area contributed by atoms with Gasteiger partial charge in [-0.15, -0.1) is 0 Å². The van der Waals surface area contributed by atoms with Crippen LogP contribution in [0.25, 0.3) is 11.3 Å². The number of hydrogen-bond donors (Lipinski definition) is 2. The predicted molar refractivity (Wildman–Crippen MR) is 126 cm³/mol. The Kier molecular flexibility index (Phi) is 7.63. The third-order valence-corrected chi connectivity index (χ3v) is 5.25. The molecule has 0 aliphatic carbocycles. The molecule has 0 radical (unpaired) electrons. The predicted octanol–water partition coefficient (Wildman–Crippen LogP) is 5.05. The summed E-state index contributed by atoms with van der Waals surface area (Å²) in [6.07, 6.45) is -5.67.